The Morgan fingerprint density at radius 1 is 0.688 bits per heavy atom. The summed E-state index contributed by atoms with van der Waals surface area (Å²) < 4.78 is 21.4. The highest BCUT2D eigenvalue weighted by molar-refractivity contribution is 6.69. The van der Waals surface area contributed by atoms with Crippen LogP contribution in [-0.4, -0.2) is 54.6 Å². The van der Waals surface area contributed by atoms with Gasteiger partial charge in [-0.05, 0) is 26.6 Å². The van der Waals surface area contributed by atoms with Crippen molar-refractivity contribution in [3.63, 3.8) is 0 Å². The first-order valence-corrected chi connectivity index (χ1v) is 9.34. The molecule has 0 atom stereocenters. The molecule has 0 N–H and O–H groups in total. The lowest BCUT2D eigenvalue weighted by Gasteiger charge is -2.16. The van der Waals surface area contributed by atoms with E-state index >= 15 is 0 Å². The maximum absolute atomic E-state index is 5.64. The average molecular weight is 250 g/mol. The van der Waals surface area contributed by atoms with Crippen molar-refractivity contribution in [1.29, 1.82) is 0 Å². The van der Waals surface area contributed by atoms with Crippen LogP contribution in [0.1, 0.15) is 6.92 Å². The first-order valence-electron chi connectivity index (χ1n) is 5.93. The second kappa shape index (κ2) is 10.2. The molecule has 98 valence electrons. The molecule has 0 unspecified atom stereocenters. The van der Waals surface area contributed by atoms with Crippen LogP contribution in [0.2, 0.25) is 19.6 Å². The molecule has 0 aromatic rings. The van der Waals surface area contributed by atoms with E-state index in [2.05, 4.69) is 19.6 Å². The SMILES string of the molecule is CCOCCOCCOCCO[Si](C)(C)C. The van der Waals surface area contributed by atoms with E-state index in [0.717, 1.165) is 6.61 Å². The largest absolute Gasteiger partial charge is 0.415 e. The molecule has 0 bridgehead atoms. The highest BCUT2D eigenvalue weighted by Crippen LogP contribution is 2.01. The third-order valence-electron chi connectivity index (χ3n) is 1.71. The highest BCUT2D eigenvalue weighted by atomic mass is 28.4. The molecule has 0 aromatic carbocycles. The average Bonchev–Trinajstić information content (AvgIpc) is 2.19. The topological polar surface area (TPSA) is 36.9 Å². The molecule has 0 spiro atoms. The smallest absolute Gasteiger partial charge is 0.183 e. The van der Waals surface area contributed by atoms with Crippen molar-refractivity contribution in [2.75, 3.05) is 46.2 Å². The van der Waals surface area contributed by atoms with Gasteiger partial charge in [-0.3, -0.25) is 0 Å². The summed E-state index contributed by atoms with van der Waals surface area (Å²) >= 11 is 0. The summed E-state index contributed by atoms with van der Waals surface area (Å²) in [6, 6.07) is 0. The minimum absolute atomic E-state index is 0.625. The molecule has 0 aliphatic heterocycles. The highest BCUT2D eigenvalue weighted by Gasteiger charge is 2.12. The first kappa shape index (κ1) is 16.1. The van der Waals surface area contributed by atoms with Crippen LogP contribution in [0.3, 0.4) is 0 Å². The lowest BCUT2D eigenvalue weighted by Crippen LogP contribution is -2.27. The third-order valence-corrected chi connectivity index (χ3v) is 2.78. The molecule has 16 heavy (non-hydrogen) atoms. The van der Waals surface area contributed by atoms with Gasteiger partial charge in [-0.25, -0.2) is 0 Å². The van der Waals surface area contributed by atoms with Gasteiger partial charge in [0.05, 0.1) is 39.6 Å². The minimum Gasteiger partial charge on any atom is -0.415 e. The van der Waals surface area contributed by atoms with Crippen molar-refractivity contribution in [3.8, 4) is 0 Å². The quantitative estimate of drug-likeness (QED) is 0.415. The van der Waals surface area contributed by atoms with Crippen LogP contribution < -0.4 is 0 Å². The van der Waals surface area contributed by atoms with Gasteiger partial charge in [0.2, 0.25) is 0 Å². The summed E-state index contributed by atoms with van der Waals surface area (Å²) in [7, 11) is -1.38. The van der Waals surface area contributed by atoms with Crippen molar-refractivity contribution in [2.24, 2.45) is 0 Å². The maximum atomic E-state index is 5.64. The van der Waals surface area contributed by atoms with E-state index < -0.39 is 8.32 Å². The Kier molecular flexibility index (Phi) is 10.3. The van der Waals surface area contributed by atoms with Crippen molar-refractivity contribution in [3.05, 3.63) is 0 Å². The van der Waals surface area contributed by atoms with E-state index in [0.29, 0.717) is 39.6 Å². The van der Waals surface area contributed by atoms with Crippen molar-refractivity contribution in [2.45, 2.75) is 26.6 Å². The fourth-order valence-electron chi connectivity index (χ4n) is 0.991. The Morgan fingerprint density at radius 3 is 1.56 bits per heavy atom. The molecule has 0 saturated heterocycles. The molecule has 0 amide bonds. The fourth-order valence-corrected chi connectivity index (χ4v) is 1.69. The van der Waals surface area contributed by atoms with E-state index in [1.165, 1.54) is 0 Å². The van der Waals surface area contributed by atoms with Gasteiger partial charge in [0.15, 0.2) is 8.32 Å². The van der Waals surface area contributed by atoms with Gasteiger partial charge >= 0.3 is 0 Å². The normalized spacial score (nSPS) is 12.0. The summed E-state index contributed by atoms with van der Waals surface area (Å²) in [6.07, 6.45) is 0. The zero-order valence-electron chi connectivity index (χ0n) is 11.1. The lowest BCUT2D eigenvalue weighted by atomic mass is 10.7. The zero-order valence-corrected chi connectivity index (χ0v) is 12.1. The maximum Gasteiger partial charge on any atom is 0.183 e. The van der Waals surface area contributed by atoms with Crippen molar-refractivity contribution in [1.82, 2.24) is 0 Å². The monoisotopic (exact) mass is 250 g/mol. The molecule has 0 fully saturated rings. The molecule has 0 heterocycles. The second-order valence-corrected chi connectivity index (χ2v) is 8.90. The van der Waals surface area contributed by atoms with Gasteiger partial charge in [0.1, 0.15) is 0 Å². The van der Waals surface area contributed by atoms with Gasteiger partial charge in [-0.15, -0.1) is 0 Å². The molecule has 0 radical (unpaired) electrons. The Morgan fingerprint density at radius 2 is 1.12 bits per heavy atom. The number of hydrogen-bond donors (Lipinski definition) is 0. The lowest BCUT2D eigenvalue weighted by molar-refractivity contribution is 0.0109. The van der Waals surface area contributed by atoms with E-state index in [4.69, 9.17) is 18.6 Å². The van der Waals surface area contributed by atoms with Gasteiger partial charge in [0, 0.05) is 6.61 Å². The number of rotatable bonds is 11. The van der Waals surface area contributed by atoms with Crippen LogP contribution in [0.5, 0.6) is 0 Å². The van der Waals surface area contributed by atoms with E-state index in [1.807, 2.05) is 6.92 Å². The summed E-state index contributed by atoms with van der Waals surface area (Å²) in [5.41, 5.74) is 0. The van der Waals surface area contributed by atoms with Crippen LogP contribution in [0.25, 0.3) is 0 Å². The van der Waals surface area contributed by atoms with E-state index in [1.54, 1.807) is 0 Å². The Hall–Kier alpha value is 0.0569. The molecule has 0 aromatic heterocycles. The Balaban J connectivity index is 2.99. The zero-order chi connectivity index (χ0) is 12.3. The van der Waals surface area contributed by atoms with Crippen LogP contribution in [0.4, 0.5) is 0 Å². The van der Waals surface area contributed by atoms with Gasteiger partial charge in [0.25, 0.3) is 0 Å². The fraction of sp³-hybridized carbons (Fsp3) is 1.00. The molecule has 0 aliphatic carbocycles. The third kappa shape index (κ3) is 14.1. The minimum atomic E-state index is -1.38. The Labute approximate surface area is 100 Å². The molecule has 0 rings (SSSR count). The predicted octanol–water partition coefficient (Wildman–Crippen LogP) is 1.91. The first-order chi connectivity index (χ1) is 7.56. The molecule has 0 aliphatic rings. The van der Waals surface area contributed by atoms with Crippen LogP contribution >= 0.6 is 0 Å². The van der Waals surface area contributed by atoms with Crippen LogP contribution in [-0.2, 0) is 18.6 Å². The van der Waals surface area contributed by atoms with E-state index in [-0.39, 0.29) is 0 Å². The number of ether oxygens (including phenoxy) is 3. The molecular weight excluding hydrogens is 224 g/mol. The van der Waals surface area contributed by atoms with Gasteiger partial charge < -0.3 is 18.6 Å². The van der Waals surface area contributed by atoms with E-state index in [9.17, 15) is 0 Å². The summed E-state index contributed by atoms with van der Waals surface area (Å²) in [5.74, 6) is 0. The molecule has 0 saturated carbocycles. The van der Waals surface area contributed by atoms with Crippen molar-refractivity contribution >= 4 is 8.32 Å². The molecule has 5 heteroatoms. The van der Waals surface area contributed by atoms with Gasteiger partial charge in [-0.2, -0.15) is 0 Å². The van der Waals surface area contributed by atoms with Crippen LogP contribution in [0, 0.1) is 0 Å². The van der Waals surface area contributed by atoms with Crippen LogP contribution in [0.15, 0.2) is 0 Å². The molecular formula is C11H26O4Si. The summed E-state index contributed by atoms with van der Waals surface area (Å²) in [6.45, 7) is 13.1. The molecule has 4 nitrogen and oxygen atoms in total. The summed E-state index contributed by atoms with van der Waals surface area (Å²) in [4.78, 5) is 0. The number of hydrogen-bond acceptors (Lipinski definition) is 4. The van der Waals surface area contributed by atoms with Gasteiger partial charge in [-0.1, -0.05) is 0 Å². The Bertz CT molecular complexity index is 147. The predicted molar refractivity (Wildman–Crippen MR) is 67.4 cm³/mol. The standard InChI is InChI=1S/C11H26O4Si/c1-5-12-6-7-13-8-9-14-10-11-15-16(2,3)4/h5-11H2,1-4H3. The summed E-state index contributed by atoms with van der Waals surface area (Å²) in [5, 5.41) is 0. The second-order valence-electron chi connectivity index (χ2n) is 4.38. The van der Waals surface area contributed by atoms with Crippen molar-refractivity contribution < 1.29 is 18.6 Å².